The summed E-state index contributed by atoms with van der Waals surface area (Å²) in [6.45, 7) is 2.93. The number of nitrogens with one attached hydrogen (secondary N) is 1. The Hall–Kier alpha value is -2.64. The van der Waals surface area contributed by atoms with Gasteiger partial charge in [0, 0.05) is 16.7 Å². The number of halogens is 2. The number of carbonyl (C=O) groups excluding carboxylic acids is 2. The van der Waals surface area contributed by atoms with Crippen molar-refractivity contribution in [2.75, 3.05) is 5.32 Å². The molecule has 1 unspecified atom stereocenters. The zero-order valence-corrected chi connectivity index (χ0v) is 15.3. The average molecular weight is 397 g/mol. The van der Waals surface area contributed by atoms with Crippen LogP contribution in [0.3, 0.4) is 0 Å². The Labute approximate surface area is 159 Å². The zero-order chi connectivity index (χ0) is 19.4. The number of hydrogen-bond acceptors (Lipinski definition) is 5. The molecule has 0 aromatic heterocycles. The molecule has 0 aliphatic carbocycles. The van der Waals surface area contributed by atoms with Gasteiger partial charge in [0.25, 0.3) is 11.6 Å². The Morgan fingerprint density at radius 1 is 1.19 bits per heavy atom. The highest BCUT2D eigenvalue weighted by molar-refractivity contribution is 6.36. The van der Waals surface area contributed by atoms with Crippen molar-refractivity contribution < 1.29 is 19.2 Å². The summed E-state index contributed by atoms with van der Waals surface area (Å²) in [6.07, 6.45) is -1.14. The Morgan fingerprint density at radius 3 is 2.50 bits per heavy atom. The third-order valence-electron chi connectivity index (χ3n) is 3.48. The minimum absolute atomic E-state index is 0.0218. The number of anilines is 1. The van der Waals surface area contributed by atoms with Crippen LogP contribution in [0.25, 0.3) is 0 Å². The summed E-state index contributed by atoms with van der Waals surface area (Å²) in [5, 5.41) is 14.1. The largest absolute Gasteiger partial charge is 0.449 e. The fraction of sp³-hybridized carbons (Fsp3) is 0.176. The van der Waals surface area contributed by atoms with Crippen molar-refractivity contribution in [1.82, 2.24) is 0 Å². The molecule has 0 spiro atoms. The van der Waals surface area contributed by atoms with Crippen LogP contribution < -0.4 is 5.32 Å². The van der Waals surface area contributed by atoms with Gasteiger partial charge in [-0.25, -0.2) is 4.79 Å². The molecule has 0 fully saturated rings. The van der Waals surface area contributed by atoms with Gasteiger partial charge in [0.2, 0.25) is 0 Å². The molecule has 9 heteroatoms. The van der Waals surface area contributed by atoms with E-state index in [9.17, 15) is 19.7 Å². The van der Waals surface area contributed by atoms with Gasteiger partial charge in [-0.3, -0.25) is 14.9 Å². The molecule has 7 nitrogen and oxygen atoms in total. The quantitative estimate of drug-likeness (QED) is 0.458. The number of nitro benzene ring substituents is 1. The van der Waals surface area contributed by atoms with E-state index in [1.54, 1.807) is 13.0 Å². The summed E-state index contributed by atoms with van der Waals surface area (Å²) in [5.74, 6) is -1.46. The van der Waals surface area contributed by atoms with Crippen molar-refractivity contribution in [1.29, 1.82) is 0 Å². The summed E-state index contributed by atoms with van der Waals surface area (Å²) in [4.78, 5) is 34.7. The normalized spacial score (nSPS) is 11.5. The Balaban J connectivity index is 2.07. The molecule has 0 heterocycles. The molecule has 0 aliphatic rings. The smallest absolute Gasteiger partial charge is 0.339 e. The number of ether oxygens (including phenoxy) is 1. The van der Waals surface area contributed by atoms with Gasteiger partial charge in [-0.2, -0.15) is 0 Å². The molecule has 0 saturated heterocycles. The molecule has 136 valence electrons. The first kappa shape index (κ1) is 19.7. The van der Waals surface area contributed by atoms with E-state index in [0.717, 1.165) is 6.07 Å². The Bertz CT molecular complexity index is 885. The van der Waals surface area contributed by atoms with Gasteiger partial charge in [0.15, 0.2) is 6.10 Å². The van der Waals surface area contributed by atoms with E-state index < -0.39 is 22.9 Å². The van der Waals surface area contributed by atoms with Gasteiger partial charge in [0.1, 0.15) is 0 Å². The second kappa shape index (κ2) is 8.16. The van der Waals surface area contributed by atoms with E-state index >= 15 is 0 Å². The molecular formula is C17H14Cl2N2O5. The molecule has 2 aromatic rings. The number of hydrogen-bond donors (Lipinski definition) is 1. The Morgan fingerprint density at radius 2 is 1.88 bits per heavy atom. The molecule has 0 saturated carbocycles. The lowest BCUT2D eigenvalue weighted by atomic mass is 10.1. The van der Waals surface area contributed by atoms with Crippen molar-refractivity contribution in [3.8, 4) is 0 Å². The molecule has 26 heavy (non-hydrogen) atoms. The number of carbonyl (C=O) groups is 2. The number of nitrogens with zero attached hydrogens (tertiary/aromatic N) is 1. The SMILES string of the molecule is Cc1ccc(C(=O)OC(C)C(=O)Nc2ccc(Cl)cc2Cl)cc1[N+](=O)[O-]. The fourth-order valence-corrected chi connectivity index (χ4v) is 2.50. The van der Waals surface area contributed by atoms with Crippen LogP contribution in [0.2, 0.25) is 10.0 Å². The highest BCUT2D eigenvalue weighted by Crippen LogP contribution is 2.25. The van der Waals surface area contributed by atoms with Crippen LogP contribution in [0.1, 0.15) is 22.8 Å². The van der Waals surface area contributed by atoms with Crippen molar-refractivity contribution in [3.05, 3.63) is 67.7 Å². The van der Waals surface area contributed by atoms with E-state index in [1.807, 2.05) is 0 Å². The number of amides is 1. The molecule has 1 N–H and O–H groups in total. The monoisotopic (exact) mass is 396 g/mol. The maximum absolute atomic E-state index is 12.2. The van der Waals surface area contributed by atoms with Gasteiger partial charge in [-0.15, -0.1) is 0 Å². The van der Waals surface area contributed by atoms with Crippen LogP contribution in [0, 0.1) is 17.0 Å². The molecule has 1 amide bonds. The van der Waals surface area contributed by atoms with Gasteiger partial charge in [-0.1, -0.05) is 29.3 Å². The van der Waals surface area contributed by atoms with Gasteiger partial charge in [0.05, 0.1) is 21.2 Å². The van der Waals surface area contributed by atoms with Crippen molar-refractivity contribution >= 4 is 46.5 Å². The predicted molar refractivity (Wildman–Crippen MR) is 97.8 cm³/mol. The molecule has 2 rings (SSSR count). The summed E-state index contributed by atoms with van der Waals surface area (Å²) < 4.78 is 5.07. The minimum Gasteiger partial charge on any atom is -0.449 e. The third kappa shape index (κ3) is 4.71. The van der Waals surface area contributed by atoms with Crippen molar-refractivity contribution in [2.45, 2.75) is 20.0 Å². The number of rotatable bonds is 5. The lowest BCUT2D eigenvalue weighted by Crippen LogP contribution is -2.30. The van der Waals surface area contributed by atoms with Crippen LogP contribution in [0.15, 0.2) is 36.4 Å². The van der Waals surface area contributed by atoms with Crippen LogP contribution in [0.4, 0.5) is 11.4 Å². The summed E-state index contributed by atoms with van der Waals surface area (Å²) >= 11 is 11.8. The molecule has 0 radical (unpaired) electrons. The number of esters is 1. The molecule has 0 aliphatic heterocycles. The first-order valence-electron chi connectivity index (χ1n) is 7.41. The van der Waals surface area contributed by atoms with E-state index in [0.29, 0.717) is 16.3 Å². The minimum atomic E-state index is -1.14. The lowest BCUT2D eigenvalue weighted by Gasteiger charge is -2.14. The van der Waals surface area contributed by atoms with E-state index in [-0.39, 0.29) is 16.3 Å². The lowest BCUT2D eigenvalue weighted by molar-refractivity contribution is -0.385. The maximum Gasteiger partial charge on any atom is 0.339 e. The number of aryl methyl sites for hydroxylation is 1. The zero-order valence-electron chi connectivity index (χ0n) is 13.8. The van der Waals surface area contributed by atoms with Crippen LogP contribution in [-0.2, 0) is 9.53 Å². The topological polar surface area (TPSA) is 98.5 Å². The number of benzene rings is 2. The third-order valence-corrected chi connectivity index (χ3v) is 4.03. The van der Waals surface area contributed by atoms with Crippen molar-refractivity contribution in [2.24, 2.45) is 0 Å². The highest BCUT2D eigenvalue weighted by atomic mass is 35.5. The summed E-state index contributed by atoms with van der Waals surface area (Å²) in [7, 11) is 0. The predicted octanol–water partition coefficient (Wildman–Crippen LogP) is 4.39. The molecule has 2 aromatic carbocycles. The van der Waals surface area contributed by atoms with E-state index in [1.165, 1.54) is 31.2 Å². The standard InChI is InChI=1S/C17H14Cl2N2O5/c1-9-3-4-11(7-15(9)21(24)25)17(23)26-10(2)16(22)20-14-6-5-12(18)8-13(14)19/h3-8,10H,1-2H3,(H,20,22). The molecule has 1 atom stereocenters. The van der Waals surface area contributed by atoms with Gasteiger partial charge < -0.3 is 10.1 Å². The van der Waals surface area contributed by atoms with E-state index in [2.05, 4.69) is 5.32 Å². The average Bonchev–Trinajstić information content (AvgIpc) is 2.57. The first-order valence-corrected chi connectivity index (χ1v) is 8.16. The van der Waals surface area contributed by atoms with Crippen LogP contribution >= 0.6 is 23.2 Å². The van der Waals surface area contributed by atoms with Crippen LogP contribution in [-0.4, -0.2) is 22.9 Å². The maximum atomic E-state index is 12.2. The summed E-state index contributed by atoms with van der Waals surface area (Å²) in [5.41, 5.74) is 0.501. The highest BCUT2D eigenvalue weighted by Gasteiger charge is 2.22. The fourth-order valence-electron chi connectivity index (χ4n) is 2.04. The first-order chi connectivity index (χ1) is 12.2. The van der Waals surface area contributed by atoms with Gasteiger partial charge in [-0.05, 0) is 38.1 Å². The van der Waals surface area contributed by atoms with Crippen molar-refractivity contribution in [3.63, 3.8) is 0 Å². The van der Waals surface area contributed by atoms with Gasteiger partial charge >= 0.3 is 5.97 Å². The molecular weight excluding hydrogens is 383 g/mol. The van der Waals surface area contributed by atoms with E-state index in [4.69, 9.17) is 27.9 Å². The second-order valence-corrected chi connectivity index (χ2v) is 6.26. The molecule has 0 bridgehead atoms. The Kier molecular flexibility index (Phi) is 6.18. The summed E-state index contributed by atoms with van der Waals surface area (Å²) in [6, 6.07) is 8.46. The number of nitro groups is 1. The van der Waals surface area contributed by atoms with Crippen LogP contribution in [0.5, 0.6) is 0 Å². The second-order valence-electron chi connectivity index (χ2n) is 5.42.